The lowest BCUT2D eigenvalue weighted by molar-refractivity contribution is 0.672. The molecular formula is C33H27NOSi. The smallest absolute Gasteiger partial charge is 0.143 e. The normalized spacial score (nSPS) is 12.3. The largest absolute Gasteiger partial charge is 0.456 e. The van der Waals surface area contributed by atoms with Gasteiger partial charge in [-0.1, -0.05) is 105 Å². The van der Waals surface area contributed by atoms with Gasteiger partial charge in [-0.3, -0.25) is 0 Å². The van der Waals surface area contributed by atoms with Crippen molar-refractivity contribution in [2.45, 2.75) is 19.6 Å². The van der Waals surface area contributed by atoms with E-state index < -0.39 is 8.07 Å². The maximum Gasteiger partial charge on any atom is 0.143 e. The number of benzene rings is 5. The van der Waals surface area contributed by atoms with Crippen LogP contribution in [-0.2, 0) is 0 Å². The second-order valence-corrected chi connectivity index (χ2v) is 15.7. The van der Waals surface area contributed by atoms with Crippen molar-refractivity contribution < 1.29 is 4.42 Å². The predicted octanol–water partition coefficient (Wildman–Crippen LogP) is 8.90. The van der Waals surface area contributed by atoms with Gasteiger partial charge in [-0.05, 0) is 35.0 Å². The summed E-state index contributed by atoms with van der Waals surface area (Å²) in [6.45, 7) is 7.13. The van der Waals surface area contributed by atoms with Crippen LogP contribution in [-0.4, -0.2) is 12.6 Å². The Morgan fingerprint density at radius 1 is 0.528 bits per heavy atom. The van der Waals surface area contributed by atoms with Crippen LogP contribution in [0.2, 0.25) is 19.6 Å². The minimum Gasteiger partial charge on any atom is -0.456 e. The van der Waals surface area contributed by atoms with Crippen LogP contribution in [0.1, 0.15) is 0 Å². The van der Waals surface area contributed by atoms with Crippen LogP contribution in [0.25, 0.3) is 60.6 Å². The molecule has 0 bridgehead atoms. The van der Waals surface area contributed by atoms with Gasteiger partial charge < -0.3 is 8.98 Å². The Kier molecular flexibility index (Phi) is 4.54. The van der Waals surface area contributed by atoms with Crippen molar-refractivity contribution in [3.8, 4) is 16.8 Å². The highest BCUT2D eigenvalue weighted by atomic mass is 28.3. The molecule has 5 aromatic carbocycles. The Balaban J connectivity index is 1.41. The zero-order chi connectivity index (χ0) is 24.4. The first kappa shape index (κ1) is 21.2. The fraction of sp³-hybridized carbons (Fsp3) is 0.0909. The summed E-state index contributed by atoms with van der Waals surface area (Å²) in [5.74, 6) is 0. The number of fused-ring (bicyclic) bond motifs is 6. The number of aromatic nitrogens is 1. The van der Waals surface area contributed by atoms with Crippen LogP contribution >= 0.6 is 0 Å². The molecule has 7 rings (SSSR count). The second kappa shape index (κ2) is 7.71. The van der Waals surface area contributed by atoms with E-state index in [1.807, 2.05) is 0 Å². The number of hydrogen-bond acceptors (Lipinski definition) is 1. The van der Waals surface area contributed by atoms with Gasteiger partial charge in [0.2, 0.25) is 0 Å². The first-order chi connectivity index (χ1) is 17.5. The van der Waals surface area contributed by atoms with Crippen LogP contribution in [0.15, 0.2) is 114 Å². The fourth-order valence-corrected chi connectivity index (χ4v) is 7.09. The van der Waals surface area contributed by atoms with Gasteiger partial charge in [0.05, 0.1) is 19.1 Å². The third-order valence-electron chi connectivity index (χ3n) is 7.35. The number of nitrogens with zero attached hydrogens (tertiary/aromatic N) is 1. The van der Waals surface area contributed by atoms with Crippen molar-refractivity contribution in [2.24, 2.45) is 0 Å². The summed E-state index contributed by atoms with van der Waals surface area (Å²) in [4.78, 5) is 0. The summed E-state index contributed by atoms with van der Waals surface area (Å²) in [6, 6.07) is 39.3. The minimum atomic E-state index is -1.54. The quantitative estimate of drug-likeness (QED) is 0.230. The lowest BCUT2D eigenvalue weighted by Crippen LogP contribution is -2.37. The maximum atomic E-state index is 6.64. The van der Waals surface area contributed by atoms with Crippen molar-refractivity contribution in [3.05, 3.63) is 109 Å². The highest BCUT2D eigenvalue weighted by Crippen LogP contribution is 2.37. The van der Waals surface area contributed by atoms with Gasteiger partial charge in [0, 0.05) is 32.8 Å². The molecule has 36 heavy (non-hydrogen) atoms. The molecular weight excluding hydrogens is 454 g/mol. The monoisotopic (exact) mass is 481 g/mol. The molecule has 7 aromatic rings. The molecule has 0 atom stereocenters. The number of para-hydroxylation sites is 4. The average molecular weight is 482 g/mol. The summed E-state index contributed by atoms with van der Waals surface area (Å²) in [7, 11) is -1.54. The van der Waals surface area contributed by atoms with E-state index in [0.29, 0.717) is 0 Å². The predicted molar refractivity (Wildman–Crippen MR) is 156 cm³/mol. The first-order valence-electron chi connectivity index (χ1n) is 12.5. The van der Waals surface area contributed by atoms with E-state index in [1.165, 1.54) is 43.3 Å². The Morgan fingerprint density at radius 2 is 1.08 bits per heavy atom. The van der Waals surface area contributed by atoms with E-state index in [-0.39, 0.29) is 0 Å². The molecule has 174 valence electrons. The minimum absolute atomic E-state index is 0.975. The van der Waals surface area contributed by atoms with Crippen molar-refractivity contribution in [3.63, 3.8) is 0 Å². The zero-order valence-electron chi connectivity index (χ0n) is 20.7. The first-order valence-corrected chi connectivity index (χ1v) is 16.0. The zero-order valence-corrected chi connectivity index (χ0v) is 21.7. The van der Waals surface area contributed by atoms with Gasteiger partial charge >= 0.3 is 0 Å². The van der Waals surface area contributed by atoms with E-state index in [2.05, 4.69) is 133 Å². The molecule has 2 heterocycles. The van der Waals surface area contributed by atoms with Gasteiger partial charge in [-0.15, -0.1) is 0 Å². The molecule has 0 N–H and O–H groups in total. The molecule has 3 heteroatoms. The van der Waals surface area contributed by atoms with E-state index in [1.54, 1.807) is 0 Å². The Labute approximate surface area is 211 Å². The molecule has 0 unspecified atom stereocenters. The van der Waals surface area contributed by atoms with Gasteiger partial charge in [0.1, 0.15) is 11.2 Å². The van der Waals surface area contributed by atoms with Gasteiger partial charge in [0.15, 0.2) is 0 Å². The van der Waals surface area contributed by atoms with Crippen LogP contribution in [0.4, 0.5) is 0 Å². The van der Waals surface area contributed by atoms with Crippen LogP contribution in [0, 0.1) is 0 Å². The summed E-state index contributed by atoms with van der Waals surface area (Å²) in [5, 5.41) is 6.34. The summed E-state index contributed by atoms with van der Waals surface area (Å²) in [5.41, 5.74) is 7.95. The molecule has 0 amide bonds. The fourth-order valence-electron chi connectivity index (χ4n) is 5.63. The van der Waals surface area contributed by atoms with Crippen LogP contribution in [0.5, 0.6) is 0 Å². The average Bonchev–Trinajstić information content (AvgIpc) is 3.44. The van der Waals surface area contributed by atoms with Crippen LogP contribution in [0.3, 0.4) is 0 Å². The molecule has 0 aliphatic heterocycles. The molecule has 0 aliphatic carbocycles. The van der Waals surface area contributed by atoms with Crippen molar-refractivity contribution in [2.75, 3.05) is 0 Å². The number of rotatable bonds is 3. The number of hydrogen-bond donors (Lipinski definition) is 0. The standard InChI is InChI=1S/C33H27NOSi/c1-36(2,3)31-17-9-14-28-27-13-8-12-24(32(27)35-33(28)31)22-18-20-23(21-19-22)34-29-15-6-4-10-25(29)26-11-5-7-16-30(26)34/h4-21H,1-3H3. The molecule has 0 saturated heterocycles. The van der Waals surface area contributed by atoms with E-state index in [4.69, 9.17) is 4.42 Å². The van der Waals surface area contributed by atoms with Gasteiger partial charge in [-0.25, -0.2) is 0 Å². The second-order valence-electron chi connectivity index (χ2n) is 10.6. The lowest BCUT2D eigenvalue weighted by atomic mass is 10.0. The van der Waals surface area contributed by atoms with Crippen molar-refractivity contribution >= 4 is 57.0 Å². The number of furan rings is 1. The SMILES string of the molecule is C[Si](C)(C)c1cccc2c1oc1c(-c3ccc(-n4c5ccccc5c5ccccc54)cc3)cccc12. The molecule has 0 saturated carbocycles. The lowest BCUT2D eigenvalue weighted by Gasteiger charge is -2.16. The summed E-state index contributed by atoms with van der Waals surface area (Å²) >= 11 is 0. The van der Waals surface area contributed by atoms with Gasteiger partial charge in [0.25, 0.3) is 0 Å². The van der Waals surface area contributed by atoms with E-state index in [9.17, 15) is 0 Å². The Morgan fingerprint density at radius 3 is 1.72 bits per heavy atom. The maximum absolute atomic E-state index is 6.64. The molecule has 2 nitrogen and oxygen atoms in total. The third kappa shape index (κ3) is 3.09. The highest BCUT2D eigenvalue weighted by molar-refractivity contribution is 6.90. The molecule has 2 aromatic heterocycles. The third-order valence-corrected chi connectivity index (χ3v) is 9.36. The Bertz CT molecular complexity index is 1860. The molecule has 0 spiro atoms. The molecule has 0 fully saturated rings. The highest BCUT2D eigenvalue weighted by Gasteiger charge is 2.23. The Hall–Kier alpha value is -4.08. The molecule has 0 radical (unpaired) electrons. The molecule has 0 aliphatic rings. The topological polar surface area (TPSA) is 18.1 Å². The van der Waals surface area contributed by atoms with E-state index >= 15 is 0 Å². The van der Waals surface area contributed by atoms with Crippen molar-refractivity contribution in [1.82, 2.24) is 4.57 Å². The van der Waals surface area contributed by atoms with Crippen molar-refractivity contribution in [1.29, 1.82) is 0 Å². The summed E-state index contributed by atoms with van der Waals surface area (Å²) < 4.78 is 9.00. The van der Waals surface area contributed by atoms with Gasteiger partial charge in [-0.2, -0.15) is 0 Å². The van der Waals surface area contributed by atoms with E-state index in [0.717, 1.165) is 22.4 Å². The van der Waals surface area contributed by atoms with Crippen LogP contribution < -0.4 is 5.19 Å². The summed E-state index contributed by atoms with van der Waals surface area (Å²) in [6.07, 6.45) is 0.